The Hall–Kier alpha value is -1.63. The number of aliphatic imine (C=N–C) groups is 1. The summed E-state index contributed by atoms with van der Waals surface area (Å²) in [5.74, 6) is -0.442. The molecule has 0 radical (unpaired) electrons. The third kappa shape index (κ3) is 3.70. The lowest BCUT2D eigenvalue weighted by molar-refractivity contribution is 0.0530. The van der Waals surface area contributed by atoms with Crippen molar-refractivity contribution in [2.45, 2.75) is 26.7 Å². The van der Waals surface area contributed by atoms with Gasteiger partial charge in [0.1, 0.15) is 4.88 Å². The van der Waals surface area contributed by atoms with Crippen LogP contribution in [0.15, 0.2) is 4.99 Å². The van der Waals surface area contributed by atoms with E-state index in [0.717, 1.165) is 17.8 Å². The van der Waals surface area contributed by atoms with Crippen LogP contribution >= 0.6 is 11.3 Å². The number of aromatic nitrogens is 1. The van der Waals surface area contributed by atoms with Gasteiger partial charge >= 0.3 is 5.97 Å². The van der Waals surface area contributed by atoms with E-state index in [1.165, 1.54) is 0 Å². The van der Waals surface area contributed by atoms with Crippen molar-refractivity contribution >= 4 is 28.4 Å². The van der Waals surface area contributed by atoms with Crippen molar-refractivity contribution in [3.63, 3.8) is 0 Å². The predicted octanol–water partition coefficient (Wildman–Crippen LogP) is 1.18. The summed E-state index contributed by atoms with van der Waals surface area (Å²) in [4.78, 5) is 20.2. The van der Waals surface area contributed by atoms with E-state index < -0.39 is 0 Å². The van der Waals surface area contributed by atoms with Crippen molar-refractivity contribution in [3.8, 4) is 0 Å². The van der Waals surface area contributed by atoms with Gasteiger partial charge in [0.05, 0.1) is 12.3 Å². The van der Waals surface area contributed by atoms with Gasteiger partial charge in [-0.25, -0.2) is 9.78 Å². The summed E-state index contributed by atoms with van der Waals surface area (Å²) < 4.78 is 4.95. The zero-order valence-electron chi connectivity index (χ0n) is 9.90. The Bertz CT molecular complexity index is 424. The Kier molecular flexibility index (Phi) is 4.89. The van der Waals surface area contributed by atoms with E-state index in [0.29, 0.717) is 28.7 Å². The van der Waals surface area contributed by atoms with Gasteiger partial charge in [0.2, 0.25) is 5.13 Å². The minimum Gasteiger partial charge on any atom is -0.462 e. The molecule has 0 saturated carbocycles. The first-order valence-corrected chi connectivity index (χ1v) is 6.16. The van der Waals surface area contributed by atoms with E-state index in [4.69, 9.17) is 16.2 Å². The average molecular weight is 256 g/mol. The van der Waals surface area contributed by atoms with Crippen molar-refractivity contribution in [2.75, 3.05) is 6.61 Å². The third-order valence-corrected chi connectivity index (χ3v) is 2.83. The molecule has 0 fully saturated rings. The van der Waals surface area contributed by atoms with E-state index in [-0.39, 0.29) is 11.9 Å². The van der Waals surface area contributed by atoms with Crippen molar-refractivity contribution in [3.05, 3.63) is 10.6 Å². The number of hydrogen-bond acceptors (Lipinski definition) is 5. The predicted molar refractivity (Wildman–Crippen MR) is 67.5 cm³/mol. The van der Waals surface area contributed by atoms with Crippen LogP contribution in [-0.2, 0) is 11.2 Å². The van der Waals surface area contributed by atoms with Gasteiger partial charge < -0.3 is 16.2 Å². The van der Waals surface area contributed by atoms with Crippen LogP contribution in [0.25, 0.3) is 0 Å². The fourth-order valence-corrected chi connectivity index (χ4v) is 2.16. The average Bonchev–Trinajstić information content (AvgIpc) is 2.61. The molecule has 1 aromatic heterocycles. The molecular weight excluding hydrogens is 240 g/mol. The largest absolute Gasteiger partial charge is 0.462 e. The first-order valence-electron chi connectivity index (χ1n) is 5.34. The van der Waals surface area contributed by atoms with Gasteiger partial charge in [-0.1, -0.05) is 24.7 Å². The summed E-state index contributed by atoms with van der Waals surface area (Å²) in [6.07, 6.45) is 1.59. The van der Waals surface area contributed by atoms with Gasteiger partial charge in [-0.05, 0) is 13.3 Å². The number of rotatable bonds is 5. The Labute approximate surface area is 104 Å². The quantitative estimate of drug-likeness (QED) is 0.467. The maximum absolute atomic E-state index is 11.7. The summed E-state index contributed by atoms with van der Waals surface area (Å²) in [6.45, 7) is 4.10. The molecule has 1 rings (SSSR count). The minimum absolute atomic E-state index is 0.0720. The van der Waals surface area contributed by atoms with Crippen molar-refractivity contribution in [1.82, 2.24) is 4.98 Å². The molecule has 0 aliphatic heterocycles. The summed E-state index contributed by atoms with van der Waals surface area (Å²) in [5.41, 5.74) is 11.2. The van der Waals surface area contributed by atoms with Crippen LogP contribution in [0.4, 0.5) is 5.13 Å². The lowest BCUT2D eigenvalue weighted by Crippen LogP contribution is -2.21. The molecule has 0 bridgehead atoms. The summed E-state index contributed by atoms with van der Waals surface area (Å²) >= 11 is 1.14. The number of guanidine groups is 1. The van der Waals surface area contributed by atoms with Gasteiger partial charge in [-0.15, -0.1) is 0 Å². The maximum atomic E-state index is 11.7. The van der Waals surface area contributed by atoms with Crippen LogP contribution in [0, 0.1) is 0 Å². The number of hydrogen-bond donors (Lipinski definition) is 2. The smallest absolute Gasteiger partial charge is 0.350 e. The second kappa shape index (κ2) is 6.19. The molecule has 0 saturated heterocycles. The van der Waals surface area contributed by atoms with Crippen LogP contribution in [0.2, 0.25) is 0 Å². The molecule has 4 N–H and O–H groups in total. The summed E-state index contributed by atoms with van der Waals surface area (Å²) in [7, 11) is 0. The highest BCUT2D eigenvalue weighted by molar-refractivity contribution is 7.17. The molecule has 0 amide bonds. The van der Waals surface area contributed by atoms with Crippen LogP contribution < -0.4 is 11.5 Å². The number of ether oxygens (including phenoxy) is 1. The number of aryl methyl sites for hydroxylation is 1. The molecule has 94 valence electrons. The molecule has 1 aromatic rings. The van der Waals surface area contributed by atoms with Gasteiger partial charge in [0, 0.05) is 0 Å². The Morgan fingerprint density at radius 1 is 1.47 bits per heavy atom. The standard InChI is InChI=1S/C10H16N4O2S/c1-3-5-6-7(8(15)16-4-2)17-10(13-6)14-9(11)12/h3-5H2,1-2H3,(H4,11,12,13,14). The normalized spacial score (nSPS) is 10.0. The van der Waals surface area contributed by atoms with E-state index in [1.54, 1.807) is 6.92 Å². The van der Waals surface area contributed by atoms with Crippen LogP contribution in [-0.4, -0.2) is 23.5 Å². The van der Waals surface area contributed by atoms with E-state index in [9.17, 15) is 4.79 Å². The Morgan fingerprint density at radius 3 is 2.71 bits per heavy atom. The lowest BCUT2D eigenvalue weighted by Gasteiger charge is -2.00. The lowest BCUT2D eigenvalue weighted by atomic mass is 10.2. The van der Waals surface area contributed by atoms with Gasteiger partial charge in [0.15, 0.2) is 5.96 Å². The van der Waals surface area contributed by atoms with E-state index in [2.05, 4.69) is 9.98 Å². The van der Waals surface area contributed by atoms with E-state index >= 15 is 0 Å². The van der Waals surface area contributed by atoms with Crippen LogP contribution in [0.3, 0.4) is 0 Å². The molecule has 0 atom stereocenters. The zero-order valence-corrected chi connectivity index (χ0v) is 10.7. The molecule has 17 heavy (non-hydrogen) atoms. The molecular formula is C10H16N4O2S. The zero-order chi connectivity index (χ0) is 12.8. The SMILES string of the molecule is CCCc1nc(N=C(N)N)sc1C(=O)OCC. The highest BCUT2D eigenvalue weighted by atomic mass is 32.1. The Balaban J connectivity index is 3.04. The minimum atomic E-state index is -0.370. The first kappa shape index (κ1) is 13.4. The molecule has 0 spiro atoms. The second-order valence-corrected chi connectivity index (χ2v) is 4.26. The molecule has 0 aliphatic carbocycles. The van der Waals surface area contributed by atoms with Crippen molar-refractivity contribution in [2.24, 2.45) is 16.5 Å². The van der Waals surface area contributed by atoms with Gasteiger partial charge in [-0.2, -0.15) is 4.99 Å². The molecule has 7 heteroatoms. The molecule has 0 aliphatic rings. The number of carbonyl (C=O) groups is 1. The highest BCUT2D eigenvalue weighted by Crippen LogP contribution is 2.27. The topological polar surface area (TPSA) is 104 Å². The number of esters is 1. The molecule has 0 unspecified atom stereocenters. The molecule has 0 aromatic carbocycles. The third-order valence-electron chi connectivity index (χ3n) is 1.86. The molecule has 1 heterocycles. The maximum Gasteiger partial charge on any atom is 0.350 e. The first-order chi connectivity index (χ1) is 8.08. The van der Waals surface area contributed by atoms with Crippen LogP contribution in [0.1, 0.15) is 35.6 Å². The number of nitrogens with zero attached hydrogens (tertiary/aromatic N) is 2. The number of thiazole rings is 1. The number of nitrogens with two attached hydrogens (primary N) is 2. The van der Waals surface area contributed by atoms with Crippen molar-refractivity contribution in [1.29, 1.82) is 0 Å². The Morgan fingerprint density at radius 2 is 2.18 bits per heavy atom. The van der Waals surface area contributed by atoms with Crippen molar-refractivity contribution < 1.29 is 9.53 Å². The van der Waals surface area contributed by atoms with Gasteiger partial charge in [-0.3, -0.25) is 0 Å². The number of carbonyl (C=O) groups excluding carboxylic acids is 1. The molecule has 6 nitrogen and oxygen atoms in total. The second-order valence-electron chi connectivity index (χ2n) is 3.28. The summed E-state index contributed by atoms with van der Waals surface area (Å²) in [6, 6.07) is 0. The highest BCUT2D eigenvalue weighted by Gasteiger charge is 2.18. The van der Waals surface area contributed by atoms with E-state index in [1.807, 2.05) is 6.92 Å². The van der Waals surface area contributed by atoms with Crippen LogP contribution in [0.5, 0.6) is 0 Å². The van der Waals surface area contributed by atoms with Gasteiger partial charge in [0.25, 0.3) is 0 Å². The fraction of sp³-hybridized carbons (Fsp3) is 0.500. The summed E-state index contributed by atoms with van der Waals surface area (Å²) in [5, 5.41) is 0.386. The fourth-order valence-electron chi connectivity index (χ4n) is 1.26. The monoisotopic (exact) mass is 256 g/mol.